The van der Waals surface area contributed by atoms with Crippen LogP contribution in [0.15, 0.2) is 54.7 Å². The Morgan fingerprint density at radius 2 is 1.73 bits per heavy atom. The van der Waals surface area contributed by atoms with Crippen LogP contribution in [-0.2, 0) is 51.9 Å². The molecule has 0 saturated carbocycles. The Morgan fingerprint density at radius 1 is 1.06 bits per heavy atom. The molecule has 18 heteroatoms. The number of hydrogen-bond acceptors (Lipinski definition) is 15. The van der Waals surface area contributed by atoms with Crippen molar-refractivity contribution in [3.63, 3.8) is 0 Å². The molecule has 1 aliphatic heterocycles. The summed E-state index contributed by atoms with van der Waals surface area (Å²) >= 11 is 0. The number of nitriles is 1. The first-order valence-corrected chi connectivity index (χ1v) is 16.5. The fourth-order valence-electron chi connectivity index (χ4n) is 4.92. The number of nitrogens with one attached hydrogen (secondary N) is 1. The Hall–Kier alpha value is -4.56. The van der Waals surface area contributed by atoms with Crippen LogP contribution in [0.4, 0.5) is 5.69 Å². The van der Waals surface area contributed by atoms with E-state index in [-0.39, 0.29) is 11.4 Å². The Kier molecular flexibility index (Phi) is 12.3. The van der Waals surface area contributed by atoms with E-state index in [9.17, 15) is 24.2 Å². The number of hydrogen-bond donors (Lipinski definition) is 2. The van der Waals surface area contributed by atoms with Crippen LogP contribution in [-0.4, -0.2) is 91.5 Å². The monoisotopic (exact) mass is 703 g/mol. The topological polar surface area (TPSA) is 221 Å². The summed E-state index contributed by atoms with van der Waals surface area (Å²) in [6, 6.07) is 13.4. The first-order valence-electron chi connectivity index (χ1n) is 15.0. The molecule has 17 nitrogen and oxygen atoms in total. The number of nitrogen functional groups attached to an aromatic ring is 1. The maximum Gasteiger partial charge on any atom is 0.459 e. The fourth-order valence-corrected chi connectivity index (χ4v) is 6.44. The molecule has 0 unspecified atom stereocenters. The van der Waals surface area contributed by atoms with Crippen LogP contribution in [0.1, 0.15) is 32.6 Å². The van der Waals surface area contributed by atoms with Crippen molar-refractivity contribution >= 4 is 36.9 Å². The number of methoxy groups -OCH3 is 2. The van der Waals surface area contributed by atoms with Crippen LogP contribution < -0.4 is 15.3 Å². The van der Waals surface area contributed by atoms with Gasteiger partial charge in [0.1, 0.15) is 43.8 Å². The fraction of sp³-hybridized carbons (Fsp3) is 0.452. The Morgan fingerprint density at radius 3 is 2.37 bits per heavy atom. The summed E-state index contributed by atoms with van der Waals surface area (Å²) in [6.45, 7) is 2.74. The van der Waals surface area contributed by atoms with Crippen molar-refractivity contribution in [2.24, 2.45) is 0 Å². The van der Waals surface area contributed by atoms with E-state index in [0.717, 1.165) is 0 Å². The molecule has 1 saturated heterocycles. The molecule has 1 aromatic carbocycles. The number of para-hydroxylation sites is 1. The molecule has 0 bridgehead atoms. The van der Waals surface area contributed by atoms with Crippen LogP contribution in [0.25, 0.3) is 5.52 Å². The van der Waals surface area contributed by atoms with Gasteiger partial charge in [-0.1, -0.05) is 18.2 Å². The second-order valence-corrected chi connectivity index (χ2v) is 12.8. The maximum atomic E-state index is 14.3. The Bertz CT molecular complexity index is 1710. The summed E-state index contributed by atoms with van der Waals surface area (Å²) in [5.41, 5.74) is 4.91. The van der Waals surface area contributed by atoms with Crippen LogP contribution >= 0.6 is 7.75 Å². The van der Waals surface area contributed by atoms with Crippen molar-refractivity contribution in [1.29, 1.82) is 5.26 Å². The van der Waals surface area contributed by atoms with E-state index < -0.39 is 81.5 Å². The third-order valence-electron chi connectivity index (χ3n) is 7.02. The predicted octanol–water partition coefficient (Wildman–Crippen LogP) is 2.50. The largest absolute Gasteiger partial charge is 0.462 e. The number of carbonyl (C=O) groups is 3. The lowest BCUT2D eigenvalue weighted by molar-refractivity contribution is -0.174. The normalized spacial score (nSPS) is 22.2. The molecule has 264 valence electrons. The van der Waals surface area contributed by atoms with Gasteiger partial charge in [-0.25, -0.2) is 18.7 Å². The number of aromatic nitrogens is 2. The van der Waals surface area contributed by atoms with Gasteiger partial charge in [0.2, 0.25) is 5.60 Å². The van der Waals surface area contributed by atoms with Crippen molar-refractivity contribution in [3.05, 3.63) is 60.4 Å². The van der Waals surface area contributed by atoms with E-state index in [4.69, 9.17) is 43.2 Å². The highest BCUT2D eigenvalue weighted by Gasteiger charge is 2.62. The molecule has 0 aliphatic carbocycles. The van der Waals surface area contributed by atoms with E-state index in [0.29, 0.717) is 11.2 Å². The second kappa shape index (κ2) is 16.2. The van der Waals surface area contributed by atoms with E-state index in [1.54, 1.807) is 50.2 Å². The van der Waals surface area contributed by atoms with Crippen LogP contribution in [0.3, 0.4) is 0 Å². The van der Waals surface area contributed by atoms with Gasteiger partial charge < -0.3 is 38.7 Å². The number of anilines is 1. The van der Waals surface area contributed by atoms with Crippen molar-refractivity contribution in [2.45, 2.75) is 56.8 Å². The molecule has 3 N–H and O–H groups in total. The lowest BCUT2D eigenvalue weighted by Gasteiger charge is -2.30. The first kappa shape index (κ1) is 37.3. The zero-order valence-corrected chi connectivity index (χ0v) is 28.4. The molecular formula is C31H38N5O12P. The molecule has 2 aromatic heterocycles. The van der Waals surface area contributed by atoms with Gasteiger partial charge in [-0.3, -0.25) is 9.32 Å². The molecule has 49 heavy (non-hydrogen) atoms. The van der Waals surface area contributed by atoms with Gasteiger partial charge in [0.05, 0.1) is 23.0 Å². The highest BCUT2D eigenvalue weighted by Crippen LogP contribution is 2.50. The molecule has 6 atom stereocenters. The van der Waals surface area contributed by atoms with E-state index in [1.165, 1.54) is 44.0 Å². The van der Waals surface area contributed by atoms with E-state index in [1.807, 2.05) is 6.07 Å². The second-order valence-electron chi connectivity index (χ2n) is 11.1. The molecule has 0 spiro atoms. The number of nitrogens with two attached hydrogens (primary N) is 1. The summed E-state index contributed by atoms with van der Waals surface area (Å²) in [5.74, 6) is -2.49. The lowest BCUT2D eigenvalue weighted by atomic mass is 9.95. The standard InChI is InChI=1S/C31H38N5O12P/c1-19(2)44-30(39)20(3)35-49(40,48-21-9-7-6-8-10-21)43-18-31(17-32)29(46-26(38)16-42-5)28(45-25(37)15-41-4)27(47-31)24-12-11-23-22(33)13-14-34-36(23)24/h6-14,19-20,27-29H,15-16,18,33H2,1-5H3,(H,35,40)/t20-,27-,28-,29-,31+,49-/m0/s1. The minimum atomic E-state index is -4.57. The summed E-state index contributed by atoms with van der Waals surface area (Å²) in [7, 11) is -2.04. The molecule has 4 rings (SSSR count). The minimum absolute atomic E-state index is 0.0942. The SMILES string of the molecule is COCC(=O)O[C@H]1[C@H](c2ccc3c(N)ccnn23)O[C@](C#N)(CO[P@@](=O)(N[C@@H](C)C(=O)OC(C)C)Oc2ccccc2)[C@H]1OC(=O)COC. The maximum absolute atomic E-state index is 14.3. The highest BCUT2D eigenvalue weighted by atomic mass is 31.2. The van der Waals surface area contributed by atoms with Gasteiger partial charge in [0.25, 0.3) is 0 Å². The minimum Gasteiger partial charge on any atom is -0.462 e. The van der Waals surface area contributed by atoms with Crippen molar-refractivity contribution in [1.82, 2.24) is 14.7 Å². The third-order valence-corrected chi connectivity index (χ3v) is 8.64. The van der Waals surface area contributed by atoms with Crippen molar-refractivity contribution in [2.75, 3.05) is 39.8 Å². The molecule has 0 amide bonds. The number of nitrogens with zero attached hydrogens (tertiary/aromatic N) is 3. The molecule has 0 radical (unpaired) electrons. The zero-order valence-electron chi connectivity index (χ0n) is 27.5. The number of carbonyl (C=O) groups excluding carboxylic acids is 3. The number of fused-ring (bicyclic) bond motifs is 1. The number of benzene rings is 1. The smallest absolute Gasteiger partial charge is 0.459 e. The molecule has 3 heterocycles. The third kappa shape index (κ3) is 8.92. The summed E-state index contributed by atoms with van der Waals surface area (Å²) in [6.07, 6.45) is -3.59. The summed E-state index contributed by atoms with van der Waals surface area (Å²) in [4.78, 5) is 38.4. The summed E-state index contributed by atoms with van der Waals surface area (Å²) in [5, 5.41) is 17.6. The lowest BCUT2D eigenvalue weighted by Crippen LogP contribution is -2.50. The van der Waals surface area contributed by atoms with E-state index in [2.05, 4.69) is 10.2 Å². The van der Waals surface area contributed by atoms with Crippen molar-refractivity contribution < 1.29 is 56.4 Å². The van der Waals surface area contributed by atoms with Gasteiger partial charge in [-0.2, -0.15) is 15.4 Å². The molecule has 1 aliphatic rings. The van der Waals surface area contributed by atoms with E-state index >= 15 is 0 Å². The quantitative estimate of drug-likeness (QED) is 0.124. The van der Waals surface area contributed by atoms with Gasteiger partial charge in [0.15, 0.2) is 12.2 Å². The average molecular weight is 704 g/mol. The number of rotatable bonds is 16. The van der Waals surface area contributed by atoms with Crippen molar-refractivity contribution in [3.8, 4) is 11.8 Å². The number of ether oxygens (including phenoxy) is 6. The van der Waals surface area contributed by atoms with Gasteiger partial charge >= 0.3 is 25.7 Å². The van der Waals surface area contributed by atoms with Crippen LogP contribution in [0.2, 0.25) is 0 Å². The van der Waals surface area contributed by atoms with Gasteiger partial charge in [-0.15, -0.1) is 0 Å². The Labute approximate surface area is 282 Å². The summed E-state index contributed by atoms with van der Waals surface area (Å²) < 4.78 is 60.0. The number of esters is 3. The van der Waals surface area contributed by atoms with Crippen LogP contribution in [0.5, 0.6) is 5.75 Å². The first-order chi connectivity index (χ1) is 23.3. The Balaban J connectivity index is 1.78. The highest BCUT2D eigenvalue weighted by molar-refractivity contribution is 7.52. The molecule has 3 aromatic rings. The van der Waals surface area contributed by atoms with Crippen LogP contribution in [0, 0.1) is 11.3 Å². The average Bonchev–Trinajstić information content (AvgIpc) is 3.61. The molecular weight excluding hydrogens is 665 g/mol. The predicted molar refractivity (Wildman–Crippen MR) is 170 cm³/mol. The van der Waals surface area contributed by atoms with Gasteiger partial charge in [0, 0.05) is 20.4 Å². The zero-order chi connectivity index (χ0) is 35.8. The van der Waals surface area contributed by atoms with Gasteiger partial charge in [-0.05, 0) is 51.1 Å². The molecule has 1 fully saturated rings.